The lowest BCUT2D eigenvalue weighted by Crippen LogP contribution is -2.66. The molecule has 1 saturated heterocycles. The zero-order chi connectivity index (χ0) is 13.6. The van der Waals surface area contributed by atoms with E-state index in [1.165, 1.54) is 23.3 Å². The number of likely N-dealkylation sites (tertiary alicyclic amines) is 1. The topological polar surface area (TPSA) is 40.5 Å². The van der Waals surface area contributed by atoms with Crippen LogP contribution in [0.25, 0.3) is 0 Å². The highest BCUT2D eigenvalue weighted by atomic mass is 32.1. The maximum absolute atomic E-state index is 12.5. The van der Waals surface area contributed by atoms with Crippen molar-refractivity contribution in [1.82, 2.24) is 4.90 Å². The van der Waals surface area contributed by atoms with Gasteiger partial charge in [-0.2, -0.15) is 0 Å². The molecule has 1 aliphatic heterocycles. The van der Waals surface area contributed by atoms with E-state index in [2.05, 4.69) is 0 Å². The Bertz CT molecular complexity index is 500. The van der Waals surface area contributed by atoms with Crippen molar-refractivity contribution in [3.8, 4) is 0 Å². The van der Waals surface area contributed by atoms with Crippen molar-refractivity contribution >= 4 is 17.2 Å². The van der Waals surface area contributed by atoms with Crippen LogP contribution in [-0.2, 0) is 12.8 Å². The molecular weight excluding hydrogens is 258 g/mol. The van der Waals surface area contributed by atoms with Crippen LogP contribution < -0.4 is 0 Å². The predicted octanol–water partition coefficient (Wildman–Crippen LogP) is 2.47. The van der Waals surface area contributed by atoms with Crippen molar-refractivity contribution in [3.05, 3.63) is 21.4 Å². The number of carbonyl (C=O) groups excluding carboxylic acids is 1. The first kappa shape index (κ1) is 13.1. The summed E-state index contributed by atoms with van der Waals surface area (Å²) in [7, 11) is 0. The number of fused-ring (bicyclic) bond motifs is 1. The summed E-state index contributed by atoms with van der Waals surface area (Å²) in [4.78, 5) is 15.7. The minimum Gasteiger partial charge on any atom is -0.386 e. The molecule has 4 heteroatoms. The molecule has 3 rings (SSSR count). The number of hydrogen-bond donors (Lipinski definition) is 1. The first-order valence-electron chi connectivity index (χ1n) is 7.12. The first-order valence-corrected chi connectivity index (χ1v) is 8.00. The summed E-state index contributed by atoms with van der Waals surface area (Å²) in [6, 6.07) is 0. The van der Waals surface area contributed by atoms with E-state index in [1.807, 2.05) is 19.2 Å². The summed E-state index contributed by atoms with van der Waals surface area (Å²) in [5, 5.41) is 12.3. The molecule has 0 saturated carbocycles. The molecule has 0 aromatic carbocycles. The molecule has 1 aromatic heterocycles. The number of aryl methyl sites for hydroxylation is 1. The Morgan fingerprint density at radius 3 is 2.74 bits per heavy atom. The molecule has 0 spiro atoms. The fraction of sp³-hybridized carbons (Fsp3) is 0.667. The van der Waals surface area contributed by atoms with Gasteiger partial charge in [-0.15, -0.1) is 11.3 Å². The third-order valence-corrected chi connectivity index (χ3v) is 5.67. The van der Waals surface area contributed by atoms with Crippen molar-refractivity contribution < 1.29 is 9.90 Å². The van der Waals surface area contributed by atoms with Crippen LogP contribution in [0.3, 0.4) is 0 Å². The fourth-order valence-electron chi connectivity index (χ4n) is 2.97. The van der Waals surface area contributed by atoms with Crippen LogP contribution in [0.5, 0.6) is 0 Å². The Labute approximate surface area is 118 Å². The van der Waals surface area contributed by atoms with Gasteiger partial charge < -0.3 is 10.0 Å². The molecule has 2 aliphatic rings. The molecule has 1 N–H and O–H groups in total. The summed E-state index contributed by atoms with van der Waals surface area (Å²) in [6.07, 6.45) is 4.61. The van der Waals surface area contributed by atoms with Gasteiger partial charge in [0.05, 0.1) is 18.7 Å². The molecule has 1 aliphatic carbocycles. The van der Waals surface area contributed by atoms with Gasteiger partial charge in [-0.25, -0.2) is 0 Å². The van der Waals surface area contributed by atoms with Gasteiger partial charge in [0.25, 0.3) is 5.91 Å². The van der Waals surface area contributed by atoms with Crippen LogP contribution in [-0.4, -0.2) is 34.6 Å². The molecule has 0 atom stereocenters. The van der Waals surface area contributed by atoms with E-state index in [0.29, 0.717) is 13.1 Å². The first-order chi connectivity index (χ1) is 9.01. The average molecular weight is 279 g/mol. The molecule has 19 heavy (non-hydrogen) atoms. The summed E-state index contributed by atoms with van der Waals surface area (Å²) in [5.74, 6) is 0.317. The fourth-order valence-corrected chi connectivity index (χ4v) is 4.09. The smallest absolute Gasteiger partial charge is 0.255 e. The molecule has 1 aromatic rings. The molecule has 1 fully saturated rings. The van der Waals surface area contributed by atoms with Crippen LogP contribution >= 0.6 is 11.3 Å². The Morgan fingerprint density at radius 1 is 1.37 bits per heavy atom. The lowest BCUT2D eigenvalue weighted by atomic mass is 9.82. The standard InChI is InChI=1S/C15H21NO2S/c1-10(2)15(18)8-16(9-15)14(17)12-7-19-13-6-4-3-5-11(12)13/h7,10,18H,3-6,8-9H2,1-2H3. The lowest BCUT2D eigenvalue weighted by molar-refractivity contribution is -0.110. The van der Waals surface area contributed by atoms with Crippen molar-refractivity contribution in [2.75, 3.05) is 13.1 Å². The highest BCUT2D eigenvalue weighted by Crippen LogP contribution is 2.34. The van der Waals surface area contributed by atoms with Gasteiger partial charge in [-0.05, 0) is 37.2 Å². The number of rotatable bonds is 2. The maximum Gasteiger partial charge on any atom is 0.255 e. The highest BCUT2D eigenvalue weighted by Gasteiger charge is 2.46. The summed E-state index contributed by atoms with van der Waals surface area (Å²) < 4.78 is 0. The van der Waals surface area contributed by atoms with E-state index in [-0.39, 0.29) is 11.8 Å². The van der Waals surface area contributed by atoms with Gasteiger partial charge in [-0.3, -0.25) is 4.79 Å². The number of aliphatic hydroxyl groups is 1. The SMILES string of the molecule is CC(C)C1(O)CN(C(=O)c2csc3c2CCCC3)C1. The molecule has 0 radical (unpaired) electrons. The molecular formula is C15H21NO2S. The van der Waals surface area contributed by atoms with Gasteiger partial charge in [0, 0.05) is 10.3 Å². The maximum atomic E-state index is 12.5. The molecule has 2 heterocycles. The van der Waals surface area contributed by atoms with E-state index in [9.17, 15) is 9.90 Å². The van der Waals surface area contributed by atoms with Crippen molar-refractivity contribution in [1.29, 1.82) is 0 Å². The Hall–Kier alpha value is -0.870. The summed E-state index contributed by atoms with van der Waals surface area (Å²) >= 11 is 1.73. The largest absolute Gasteiger partial charge is 0.386 e. The van der Waals surface area contributed by atoms with Crippen molar-refractivity contribution in [2.45, 2.75) is 45.1 Å². The number of nitrogens with zero attached hydrogens (tertiary/aromatic N) is 1. The third-order valence-electron chi connectivity index (χ3n) is 4.58. The van der Waals surface area contributed by atoms with Crippen LogP contribution in [0, 0.1) is 5.92 Å². The minimum atomic E-state index is -0.675. The van der Waals surface area contributed by atoms with Crippen LogP contribution in [0.4, 0.5) is 0 Å². The van der Waals surface area contributed by atoms with E-state index < -0.39 is 5.60 Å². The number of amides is 1. The van der Waals surface area contributed by atoms with E-state index in [4.69, 9.17) is 0 Å². The number of carbonyl (C=O) groups is 1. The Morgan fingerprint density at radius 2 is 2.05 bits per heavy atom. The lowest BCUT2D eigenvalue weighted by Gasteiger charge is -2.49. The van der Waals surface area contributed by atoms with Gasteiger partial charge in [0.1, 0.15) is 5.60 Å². The van der Waals surface area contributed by atoms with Gasteiger partial charge in [-0.1, -0.05) is 13.8 Å². The number of β-amino-alcohol motifs (C(OH)–C–C–N with tert-alkyl or cyclic N) is 1. The molecule has 0 unspecified atom stereocenters. The van der Waals surface area contributed by atoms with Gasteiger partial charge >= 0.3 is 0 Å². The van der Waals surface area contributed by atoms with Crippen LogP contribution in [0.1, 0.15) is 47.5 Å². The zero-order valence-electron chi connectivity index (χ0n) is 11.6. The predicted molar refractivity (Wildman–Crippen MR) is 76.7 cm³/mol. The minimum absolute atomic E-state index is 0.115. The third kappa shape index (κ3) is 2.11. The summed E-state index contributed by atoms with van der Waals surface area (Å²) in [5.41, 5.74) is 1.50. The van der Waals surface area contributed by atoms with Crippen LogP contribution in [0.2, 0.25) is 0 Å². The molecule has 3 nitrogen and oxygen atoms in total. The van der Waals surface area contributed by atoms with Crippen LogP contribution in [0.15, 0.2) is 5.38 Å². The van der Waals surface area contributed by atoms with Crippen molar-refractivity contribution in [2.24, 2.45) is 5.92 Å². The normalized spacial score (nSPS) is 21.2. The Kier molecular flexibility index (Phi) is 3.18. The summed E-state index contributed by atoms with van der Waals surface area (Å²) in [6.45, 7) is 4.98. The van der Waals surface area contributed by atoms with E-state index in [1.54, 1.807) is 16.2 Å². The van der Waals surface area contributed by atoms with Gasteiger partial charge in [0.2, 0.25) is 0 Å². The zero-order valence-corrected chi connectivity index (χ0v) is 12.4. The molecule has 1 amide bonds. The highest BCUT2D eigenvalue weighted by molar-refractivity contribution is 7.10. The quantitative estimate of drug-likeness (QED) is 0.903. The second-order valence-electron chi connectivity index (χ2n) is 6.18. The average Bonchev–Trinajstić information content (AvgIpc) is 2.77. The monoisotopic (exact) mass is 279 g/mol. The second kappa shape index (κ2) is 4.60. The Balaban J connectivity index is 1.74. The van der Waals surface area contributed by atoms with E-state index >= 15 is 0 Å². The second-order valence-corrected chi connectivity index (χ2v) is 7.14. The van der Waals surface area contributed by atoms with Gasteiger partial charge in [0.15, 0.2) is 0 Å². The number of hydrogen-bond acceptors (Lipinski definition) is 3. The molecule has 0 bridgehead atoms. The molecule has 104 valence electrons. The van der Waals surface area contributed by atoms with E-state index in [0.717, 1.165) is 18.4 Å². The van der Waals surface area contributed by atoms with Crippen molar-refractivity contribution in [3.63, 3.8) is 0 Å². The number of thiophene rings is 1.